The number of carboxylic acid groups (broad SMARTS) is 2. The summed E-state index contributed by atoms with van der Waals surface area (Å²) in [6, 6.07) is 0. The summed E-state index contributed by atoms with van der Waals surface area (Å²) in [7, 11) is 4.34. The molecular weight excluding hydrogens is 358 g/mol. The Bertz CT molecular complexity index is 361. The topological polar surface area (TPSA) is 98.1 Å². The van der Waals surface area contributed by atoms with Crippen molar-refractivity contribution in [2.24, 2.45) is 0 Å². The summed E-state index contributed by atoms with van der Waals surface area (Å²) >= 11 is 0. The fraction of sp³-hybridized carbons (Fsp3) is 0.909. The number of carbonyl (C=O) groups is 2. The Morgan fingerprint density at radius 2 is 1.07 bits per heavy atom. The Labute approximate surface area is 172 Å². The van der Waals surface area contributed by atoms with Crippen LogP contribution in [-0.4, -0.2) is 58.9 Å². The summed E-state index contributed by atoms with van der Waals surface area (Å²) in [5.74, 6) is -2.85. The zero-order valence-electron chi connectivity index (χ0n) is 18.5. The highest BCUT2D eigenvalue weighted by Crippen LogP contribution is 2.12. The minimum Gasteiger partial charge on any atom is -0.481 e. The van der Waals surface area contributed by atoms with Gasteiger partial charge in [-0.15, -0.1) is 0 Å². The number of rotatable bonds is 18. The van der Waals surface area contributed by atoms with E-state index in [1.54, 1.807) is 0 Å². The molecule has 0 aromatic rings. The van der Waals surface area contributed by atoms with Gasteiger partial charge in [0.2, 0.25) is 0 Å². The maximum Gasteiger partial charge on any atom is 0.333 e. The Kier molecular flexibility index (Phi) is 23.0. The first kappa shape index (κ1) is 29.1. The van der Waals surface area contributed by atoms with Gasteiger partial charge in [0.25, 0.3) is 0 Å². The fourth-order valence-electron chi connectivity index (χ4n) is 2.88. The molecule has 0 aliphatic rings. The van der Waals surface area contributed by atoms with Crippen molar-refractivity contribution in [3.8, 4) is 0 Å². The van der Waals surface area contributed by atoms with E-state index in [4.69, 9.17) is 15.3 Å². The van der Waals surface area contributed by atoms with Crippen molar-refractivity contribution in [1.82, 2.24) is 4.90 Å². The monoisotopic (exact) mass is 403 g/mol. The molecule has 6 nitrogen and oxygen atoms in total. The van der Waals surface area contributed by atoms with Crippen LogP contribution in [0.2, 0.25) is 0 Å². The molecule has 0 saturated carbocycles. The molecule has 28 heavy (non-hydrogen) atoms. The summed E-state index contributed by atoms with van der Waals surface area (Å²) in [6.45, 7) is 3.55. The molecule has 6 heteroatoms. The Hall–Kier alpha value is -1.14. The molecule has 0 aromatic heterocycles. The van der Waals surface area contributed by atoms with E-state index in [0.29, 0.717) is 0 Å². The van der Waals surface area contributed by atoms with Crippen LogP contribution < -0.4 is 0 Å². The smallest absolute Gasteiger partial charge is 0.333 e. The summed E-state index contributed by atoms with van der Waals surface area (Å²) in [5.41, 5.74) is 0. The van der Waals surface area contributed by atoms with E-state index in [-0.39, 0.29) is 0 Å². The highest BCUT2D eigenvalue weighted by atomic mass is 16.4. The van der Waals surface area contributed by atoms with E-state index in [2.05, 4.69) is 25.9 Å². The van der Waals surface area contributed by atoms with Crippen LogP contribution in [0.4, 0.5) is 0 Å². The molecule has 0 fully saturated rings. The predicted octanol–water partition coefficient (Wildman–Crippen LogP) is 4.94. The number of carboxylic acids is 2. The van der Waals surface area contributed by atoms with Gasteiger partial charge < -0.3 is 20.2 Å². The van der Waals surface area contributed by atoms with E-state index < -0.39 is 24.5 Å². The maximum absolute atomic E-state index is 9.72. The van der Waals surface area contributed by atoms with Crippen LogP contribution in [0, 0.1) is 0 Å². The van der Waals surface area contributed by atoms with Crippen molar-refractivity contribution in [3.05, 3.63) is 0 Å². The zero-order valence-corrected chi connectivity index (χ0v) is 18.5. The molecule has 0 amide bonds. The third kappa shape index (κ3) is 27.1. The van der Waals surface area contributed by atoms with Crippen LogP contribution in [0.1, 0.15) is 103 Å². The number of unbranched alkanes of at least 4 members (excludes halogenated alkanes) is 13. The van der Waals surface area contributed by atoms with Crippen molar-refractivity contribution in [3.63, 3.8) is 0 Å². The van der Waals surface area contributed by atoms with Gasteiger partial charge in [0, 0.05) is 0 Å². The minimum absolute atomic E-state index is 0.755. The van der Waals surface area contributed by atoms with Crippen molar-refractivity contribution in [2.75, 3.05) is 20.6 Å². The van der Waals surface area contributed by atoms with Crippen LogP contribution >= 0.6 is 0 Å². The third-order valence-corrected chi connectivity index (χ3v) is 4.61. The van der Waals surface area contributed by atoms with E-state index in [1.165, 1.54) is 96.4 Å². The van der Waals surface area contributed by atoms with Crippen LogP contribution in [0.5, 0.6) is 0 Å². The SMILES string of the molecule is CCCCCCCCCCCCCCCCN(C)C.O=C(O)CC(O)C(=O)O. The highest BCUT2D eigenvalue weighted by molar-refractivity contribution is 5.79. The molecule has 0 aliphatic heterocycles. The van der Waals surface area contributed by atoms with Gasteiger partial charge in [-0.1, -0.05) is 90.4 Å². The lowest BCUT2D eigenvalue weighted by molar-refractivity contribution is -0.152. The van der Waals surface area contributed by atoms with Crippen molar-refractivity contribution in [1.29, 1.82) is 0 Å². The van der Waals surface area contributed by atoms with Crippen molar-refractivity contribution < 1.29 is 24.9 Å². The molecule has 168 valence electrons. The minimum atomic E-state index is -1.79. The summed E-state index contributed by atoms with van der Waals surface area (Å²) in [6.07, 6.45) is 17.8. The Morgan fingerprint density at radius 3 is 1.32 bits per heavy atom. The molecule has 0 radical (unpaired) electrons. The predicted molar refractivity (Wildman–Crippen MR) is 115 cm³/mol. The number of nitrogens with zero attached hydrogens (tertiary/aromatic N) is 1. The average molecular weight is 404 g/mol. The second-order valence-electron chi connectivity index (χ2n) is 7.85. The van der Waals surface area contributed by atoms with Gasteiger partial charge in [0.05, 0.1) is 6.42 Å². The highest BCUT2D eigenvalue weighted by Gasteiger charge is 2.16. The maximum atomic E-state index is 9.72. The molecule has 0 aliphatic carbocycles. The second-order valence-corrected chi connectivity index (χ2v) is 7.85. The van der Waals surface area contributed by atoms with E-state index in [0.717, 1.165) is 0 Å². The number of hydrogen-bond donors (Lipinski definition) is 3. The molecule has 0 spiro atoms. The number of aliphatic carboxylic acids is 2. The largest absolute Gasteiger partial charge is 0.481 e. The van der Waals surface area contributed by atoms with Gasteiger partial charge >= 0.3 is 11.9 Å². The average Bonchev–Trinajstić information content (AvgIpc) is 2.61. The first-order chi connectivity index (χ1) is 13.3. The van der Waals surface area contributed by atoms with Crippen LogP contribution in [0.3, 0.4) is 0 Å². The van der Waals surface area contributed by atoms with Gasteiger partial charge in [-0.3, -0.25) is 4.79 Å². The molecule has 3 N–H and O–H groups in total. The first-order valence-electron chi connectivity index (χ1n) is 11.1. The third-order valence-electron chi connectivity index (χ3n) is 4.61. The normalized spacial score (nSPS) is 11.8. The van der Waals surface area contributed by atoms with Gasteiger partial charge in [0.15, 0.2) is 6.10 Å². The van der Waals surface area contributed by atoms with E-state index in [1.807, 2.05) is 0 Å². The molecule has 0 rings (SSSR count). The quantitative estimate of drug-likeness (QED) is 0.281. The lowest BCUT2D eigenvalue weighted by atomic mass is 10.0. The molecular formula is C22H45NO5. The van der Waals surface area contributed by atoms with Gasteiger partial charge in [-0.2, -0.15) is 0 Å². The van der Waals surface area contributed by atoms with Crippen molar-refractivity contribution >= 4 is 11.9 Å². The fourth-order valence-corrected chi connectivity index (χ4v) is 2.88. The molecule has 0 saturated heterocycles. The Balaban J connectivity index is 0. The summed E-state index contributed by atoms with van der Waals surface area (Å²) < 4.78 is 0. The van der Waals surface area contributed by atoms with E-state index >= 15 is 0 Å². The first-order valence-corrected chi connectivity index (χ1v) is 11.1. The van der Waals surface area contributed by atoms with Gasteiger partial charge in [0.1, 0.15) is 0 Å². The molecule has 0 heterocycles. The summed E-state index contributed by atoms with van der Waals surface area (Å²) in [4.78, 5) is 21.7. The molecule has 1 atom stereocenters. The lowest BCUT2D eigenvalue weighted by Crippen LogP contribution is -2.22. The van der Waals surface area contributed by atoms with Gasteiger partial charge in [-0.05, 0) is 27.1 Å². The molecule has 0 bridgehead atoms. The standard InChI is InChI=1S/C18H39N.C4H6O5/c1-4-5-6-7-8-9-10-11-12-13-14-15-16-17-18-19(2)3;5-2(4(8)9)1-3(6)7/h4-18H2,1-3H3;2,5H,1H2,(H,6,7)(H,8,9). The zero-order chi connectivity index (χ0) is 21.6. The second kappa shape index (κ2) is 22.2. The lowest BCUT2D eigenvalue weighted by Gasteiger charge is -2.08. The van der Waals surface area contributed by atoms with Crippen LogP contribution in [0.25, 0.3) is 0 Å². The van der Waals surface area contributed by atoms with Gasteiger partial charge in [-0.25, -0.2) is 4.79 Å². The number of aliphatic hydroxyl groups is 1. The summed E-state index contributed by atoms with van der Waals surface area (Å²) in [5, 5.41) is 24.1. The van der Waals surface area contributed by atoms with Crippen molar-refractivity contribution in [2.45, 2.75) is 109 Å². The Morgan fingerprint density at radius 1 is 0.714 bits per heavy atom. The number of hydrogen-bond acceptors (Lipinski definition) is 4. The molecule has 1 unspecified atom stereocenters. The van der Waals surface area contributed by atoms with Crippen LogP contribution in [-0.2, 0) is 9.59 Å². The number of aliphatic hydroxyl groups excluding tert-OH is 1. The van der Waals surface area contributed by atoms with E-state index in [9.17, 15) is 9.59 Å². The van der Waals surface area contributed by atoms with Crippen LogP contribution in [0.15, 0.2) is 0 Å². The molecule has 0 aromatic carbocycles.